The third-order valence-electron chi connectivity index (χ3n) is 3.23. The van der Waals surface area contributed by atoms with Crippen molar-refractivity contribution in [3.05, 3.63) is 17.0 Å². The van der Waals surface area contributed by atoms with Crippen LogP contribution in [-0.2, 0) is 0 Å². The van der Waals surface area contributed by atoms with Gasteiger partial charge in [-0.2, -0.15) is 0 Å². The Morgan fingerprint density at radius 3 is 2.19 bits per heavy atom. The molecule has 0 saturated carbocycles. The molecule has 0 atom stereocenters. The summed E-state index contributed by atoms with van der Waals surface area (Å²) >= 11 is 5.92. The number of nitrogens with zero attached hydrogens (tertiary/aromatic N) is 2. The van der Waals surface area contributed by atoms with E-state index in [1.165, 1.54) is 0 Å². The van der Waals surface area contributed by atoms with E-state index in [2.05, 4.69) is 36.1 Å². The van der Waals surface area contributed by atoms with E-state index in [1.54, 1.807) is 6.07 Å². The zero-order valence-electron chi connectivity index (χ0n) is 10.5. The van der Waals surface area contributed by atoms with Crippen LogP contribution in [0.2, 0.25) is 5.15 Å². The smallest absolute Gasteiger partial charge is 0.134 e. The van der Waals surface area contributed by atoms with Gasteiger partial charge in [0.2, 0.25) is 0 Å². The predicted octanol–water partition coefficient (Wildman–Crippen LogP) is 3.82. The van der Waals surface area contributed by atoms with Crippen LogP contribution in [0.25, 0.3) is 0 Å². The number of halogens is 1. The van der Waals surface area contributed by atoms with Crippen LogP contribution in [0, 0.1) is 6.92 Å². The molecule has 90 valence electrons. The van der Waals surface area contributed by atoms with Gasteiger partial charge in [-0.15, -0.1) is 0 Å². The summed E-state index contributed by atoms with van der Waals surface area (Å²) in [5.41, 5.74) is 0.115. The second kappa shape index (κ2) is 5.48. The van der Waals surface area contributed by atoms with Gasteiger partial charge in [-0.25, -0.2) is 9.97 Å². The van der Waals surface area contributed by atoms with Crippen molar-refractivity contribution in [3.63, 3.8) is 0 Å². The van der Waals surface area contributed by atoms with Crippen molar-refractivity contribution < 1.29 is 0 Å². The Balaban J connectivity index is 2.93. The molecule has 0 spiro atoms. The van der Waals surface area contributed by atoms with Gasteiger partial charge in [-0.1, -0.05) is 32.4 Å². The number of rotatable bonds is 5. The maximum Gasteiger partial charge on any atom is 0.134 e. The van der Waals surface area contributed by atoms with E-state index >= 15 is 0 Å². The van der Waals surface area contributed by atoms with Crippen molar-refractivity contribution in [2.75, 3.05) is 5.32 Å². The highest BCUT2D eigenvalue weighted by atomic mass is 35.5. The van der Waals surface area contributed by atoms with Crippen LogP contribution in [0.4, 0.5) is 5.82 Å². The number of aromatic nitrogens is 2. The summed E-state index contributed by atoms with van der Waals surface area (Å²) in [6.07, 6.45) is 3.21. The van der Waals surface area contributed by atoms with Gasteiger partial charge in [0.25, 0.3) is 0 Å². The molecule has 1 aromatic rings. The number of aryl methyl sites for hydroxylation is 1. The van der Waals surface area contributed by atoms with Crippen molar-refractivity contribution in [1.29, 1.82) is 0 Å². The molecular formula is C12H20ClN3. The quantitative estimate of drug-likeness (QED) is 0.797. The van der Waals surface area contributed by atoms with Crippen molar-refractivity contribution >= 4 is 17.4 Å². The molecule has 0 aliphatic heterocycles. The largest absolute Gasteiger partial charge is 0.365 e. The molecule has 16 heavy (non-hydrogen) atoms. The molecule has 4 heteroatoms. The van der Waals surface area contributed by atoms with Gasteiger partial charge >= 0.3 is 0 Å². The van der Waals surface area contributed by atoms with Crippen LogP contribution >= 0.6 is 11.6 Å². The average molecular weight is 242 g/mol. The van der Waals surface area contributed by atoms with Crippen LogP contribution in [0.5, 0.6) is 0 Å². The first-order chi connectivity index (χ1) is 7.55. The number of hydrogen-bond donors (Lipinski definition) is 1. The first-order valence-corrected chi connectivity index (χ1v) is 6.22. The van der Waals surface area contributed by atoms with Gasteiger partial charge in [0.1, 0.15) is 16.8 Å². The van der Waals surface area contributed by atoms with Crippen molar-refractivity contribution in [2.45, 2.75) is 52.5 Å². The van der Waals surface area contributed by atoms with E-state index in [4.69, 9.17) is 11.6 Å². The van der Waals surface area contributed by atoms with Crippen molar-refractivity contribution in [2.24, 2.45) is 0 Å². The molecule has 0 fully saturated rings. The fraction of sp³-hybridized carbons (Fsp3) is 0.667. The molecule has 0 radical (unpaired) electrons. The van der Waals surface area contributed by atoms with E-state index in [0.717, 1.165) is 25.1 Å². The lowest BCUT2D eigenvalue weighted by Gasteiger charge is -2.32. The summed E-state index contributed by atoms with van der Waals surface area (Å²) in [6, 6.07) is 1.78. The van der Waals surface area contributed by atoms with Gasteiger partial charge in [-0.05, 0) is 26.2 Å². The second-order valence-electron chi connectivity index (χ2n) is 4.09. The third kappa shape index (κ3) is 3.08. The van der Waals surface area contributed by atoms with Gasteiger partial charge in [0, 0.05) is 11.6 Å². The fourth-order valence-electron chi connectivity index (χ4n) is 1.88. The van der Waals surface area contributed by atoms with Crippen molar-refractivity contribution in [3.8, 4) is 0 Å². The summed E-state index contributed by atoms with van der Waals surface area (Å²) in [4.78, 5) is 8.41. The summed E-state index contributed by atoms with van der Waals surface area (Å²) in [7, 11) is 0. The predicted molar refractivity (Wildman–Crippen MR) is 69.0 cm³/mol. The van der Waals surface area contributed by atoms with E-state index in [1.807, 2.05) is 6.92 Å². The van der Waals surface area contributed by atoms with E-state index < -0.39 is 0 Å². The zero-order chi connectivity index (χ0) is 12.2. The first kappa shape index (κ1) is 13.2. The Bertz CT molecular complexity index is 320. The molecular weight excluding hydrogens is 222 g/mol. The Morgan fingerprint density at radius 1 is 1.19 bits per heavy atom. The topological polar surface area (TPSA) is 37.8 Å². The Hall–Kier alpha value is -0.830. The molecule has 0 aliphatic rings. The molecule has 0 bridgehead atoms. The molecule has 1 heterocycles. The fourth-order valence-corrected chi connectivity index (χ4v) is 2.11. The normalized spacial score (nSPS) is 11.6. The minimum atomic E-state index is 0.115. The Morgan fingerprint density at radius 2 is 1.75 bits per heavy atom. The molecule has 1 aromatic heterocycles. The van der Waals surface area contributed by atoms with E-state index in [9.17, 15) is 0 Å². The summed E-state index contributed by atoms with van der Waals surface area (Å²) in [5.74, 6) is 1.52. The van der Waals surface area contributed by atoms with Gasteiger partial charge in [0.15, 0.2) is 0 Å². The molecule has 0 unspecified atom stereocenters. The molecule has 0 aliphatic carbocycles. The van der Waals surface area contributed by atoms with Gasteiger partial charge < -0.3 is 5.32 Å². The lowest BCUT2D eigenvalue weighted by Crippen LogP contribution is -2.36. The second-order valence-corrected chi connectivity index (χ2v) is 4.48. The molecule has 1 rings (SSSR count). The van der Waals surface area contributed by atoms with Gasteiger partial charge in [0.05, 0.1) is 0 Å². The number of hydrogen-bond acceptors (Lipinski definition) is 3. The summed E-state index contributed by atoms with van der Waals surface area (Å²) < 4.78 is 0. The zero-order valence-corrected chi connectivity index (χ0v) is 11.2. The number of nitrogens with one attached hydrogen (secondary N) is 1. The standard InChI is InChI=1S/C12H20ClN3/c1-5-12(6-2,7-3)16-11-8-10(13)14-9(4)15-11/h8H,5-7H2,1-4H3,(H,14,15,16). The minimum absolute atomic E-state index is 0.115. The van der Waals surface area contributed by atoms with E-state index in [0.29, 0.717) is 11.0 Å². The highest BCUT2D eigenvalue weighted by Gasteiger charge is 2.23. The van der Waals surface area contributed by atoms with E-state index in [-0.39, 0.29) is 5.54 Å². The van der Waals surface area contributed by atoms with Crippen molar-refractivity contribution in [1.82, 2.24) is 9.97 Å². The third-order valence-corrected chi connectivity index (χ3v) is 3.42. The highest BCUT2D eigenvalue weighted by molar-refractivity contribution is 6.29. The van der Waals surface area contributed by atoms with Crippen LogP contribution in [-0.4, -0.2) is 15.5 Å². The average Bonchev–Trinajstić information content (AvgIpc) is 2.25. The first-order valence-electron chi connectivity index (χ1n) is 5.84. The maximum absolute atomic E-state index is 5.92. The molecule has 0 amide bonds. The van der Waals surface area contributed by atoms with Crippen LogP contribution in [0.15, 0.2) is 6.07 Å². The van der Waals surface area contributed by atoms with Gasteiger partial charge in [-0.3, -0.25) is 0 Å². The lowest BCUT2D eigenvalue weighted by molar-refractivity contribution is 0.419. The maximum atomic E-state index is 5.92. The summed E-state index contributed by atoms with van der Waals surface area (Å²) in [6.45, 7) is 8.42. The van der Waals surface area contributed by atoms with Crippen LogP contribution in [0.3, 0.4) is 0 Å². The summed E-state index contributed by atoms with van der Waals surface area (Å²) in [5, 5.41) is 3.98. The lowest BCUT2D eigenvalue weighted by atomic mass is 9.90. The van der Waals surface area contributed by atoms with Crippen LogP contribution < -0.4 is 5.32 Å². The molecule has 3 nitrogen and oxygen atoms in total. The number of anilines is 1. The van der Waals surface area contributed by atoms with Crippen LogP contribution in [0.1, 0.15) is 45.9 Å². The minimum Gasteiger partial charge on any atom is -0.365 e. The SMILES string of the molecule is CCC(CC)(CC)Nc1cc(Cl)nc(C)n1. The Labute approximate surface area is 103 Å². The highest BCUT2D eigenvalue weighted by Crippen LogP contribution is 2.25. The molecule has 1 N–H and O–H groups in total. The monoisotopic (exact) mass is 241 g/mol. The Kier molecular flexibility index (Phi) is 4.54. The molecule has 0 aromatic carbocycles. The molecule has 0 saturated heterocycles.